The Morgan fingerprint density at radius 3 is 2.57 bits per heavy atom. The lowest BCUT2D eigenvalue weighted by atomic mass is 10.1. The quantitative estimate of drug-likeness (QED) is 0.356. The predicted octanol–water partition coefficient (Wildman–Crippen LogP) is 5.06. The molecule has 7 nitrogen and oxygen atoms in total. The van der Waals surface area contributed by atoms with Crippen LogP contribution >= 0.6 is 0 Å². The number of aromatic nitrogens is 1. The fourth-order valence-electron chi connectivity index (χ4n) is 4.44. The van der Waals surface area contributed by atoms with Crippen molar-refractivity contribution in [3.8, 4) is 17.2 Å². The molecule has 0 aliphatic carbocycles. The Morgan fingerprint density at radius 1 is 1.06 bits per heavy atom. The highest BCUT2D eigenvalue weighted by Crippen LogP contribution is 2.33. The van der Waals surface area contributed by atoms with Gasteiger partial charge in [0.15, 0.2) is 11.5 Å². The number of nitrogens with zero attached hydrogens (tertiary/aromatic N) is 1. The molecule has 1 aliphatic rings. The van der Waals surface area contributed by atoms with Crippen LogP contribution in [-0.2, 0) is 19.6 Å². The number of carboxylic acid groups (broad SMARTS) is 1. The van der Waals surface area contributed by atoms with E-state index in [1.807, 2.05) is 65.2 Å². The Balaban J connectivity index is 1.48. The van der Waals surface area contributed by atoms with Crippen molar-refractivity contribution in [2.24, 2.45) is 0 Å². The maximum absolute atomic E-state index is 12.5. The Labute approximate surface area is 203 Å². The SMILES string of the molecule is C=Cc1ccc(Cn2c(C(=O)O)c(CNCc3ccc4c(c3)OCO4)c3ccc(OC)cc32)cc1. The van der Waals surface area contributed by atoms with E-state index >= 15 is 0 Å². The molecule has 0 saturated heterocycles. The first-order valence-electron chi connectivity index (χ1n) is 11.3. The molecule has 0 saturated carbocycles. The summed E-state index contributed by atoms with van der Waals surface area (Å²) >= 11 is 0. The molecule has 0 bridgehead atoms. The summed E-state index contributed by atoms with van der Waals surface area (Å²) in [5.41, 5.74) is 4.85. The number of carboxylic acids is 1. The van der Waals surface area contributed by atoms with Gasteiger partial charge in [0.05, 0.1) is 12.6 Å². The molecule has 178 valence electrons. The Hall–Kier alpha value is -4.23. The summed E-state index contributed by atoms with van der Waals surface area (Å²) in [4.78, 5) is 12.5. The zero-order valence-electron chi connectivity index (χ0n) is 19.4. The Bertz CT molecular complexity index is 1410. The molecule has 0 fully saturated rings. The summed E-state index contributed by atoms with van der Waals surface area (Å²) in [6.07, 6.45) is 1.78. The number of carbonyl (C=O) groups is 1. The maximum atomic E-state index is 12.5. The Kier molecular flexibility index (Phi) is 6.16. The van der Waals surface area contributed by atoms with E-state index in [9.17, 15) is 9.90 Å². The summed E-state index contributed by atoms with van der Waals surface area (Å²) in [5.74, 6) is 1.17. The third kappa shape index (κ3) is 4.46. The van der Waals surface area contributed by atoms with Crippen molar-refractivity contribution in [1.82, 2.24) is 9.88 Å². The van der Waals surface area contributed by atoms with Gasteiger partial charge in [0, 0.05) is 36.7 Å². The molecule has 3 aromatic carbocycles. The highest BCUT2D eigenvalue weighted by molar-refractivity contribution is 5.98. The number of hydrogen-bond donors (Lipinski definition) is 2. The second-order valence-electron chi connectivity index (χ2n) is 8.34. The van der Waals surface area contributed by atoms with E-state index in [4.69, 9.17) is 14.2 Å². The van der Waals surface area contributed by atoms with Gasteiger partial charge in [-0.25, -0.2) is 4.79 Å². The molecule has 1 aliphatic heterocycles. The lowest BCUT2D eigenvalue weighted by Crippen LogP contribution is -2.17. The summed E-state index contributed by atoms with van der Waals surface area (Å²) in [5, 5.41) is 14.5. The van der Waals surface area contributed by atoms with Gasteiger partial charge in [0.1, 0.15) is 11.4 Å². The van der Waals surface area contributed by atoms with Crippen LogP contribution in [0.5, 0.6) is 17.2 Å². The van der Waals surface area contributed by atoms with Crippen LogP contribution in [0.15, 0.2) is 67.2 Å². The van der Waals surface area contributed by atoms with Crippen LogP contribution in [0, 0.1) is 0 Å². The van der Waals surface area contributed by atoms with Gasteiger partial charge in [-0.05, 0) is 41.0 Å². The smallest absolute Gasteiger partial charge is 0.352 e. The minimum absolute atomic E-state index is 0.230. The lowest BCUT2D eigenvalue weighted by molar-refractivity contribution is 0.0684. The molecule has 0 atom stereocenters. The van der Waals surface area contributed by atoms with Crippen LogP contribution in [-0.4, -0.2) is 29.5 Å². The molecule has 4 aromatic rings. The molecule has 5 rings (SSSR count). The minimum atomic E-state index is -0.970. The first-order valence-corrected chi connectivity index (χ1v) is 11.3. The molecular weight excluding hydrogens is 444 g/mol. The van der Waals surface area contributed by atoms with Crippen LogP contribution in [0.4, 0.5) is 0 Å². The van der Waals surface area contributed by atoms with Gasteiger partial charge in [-0.15, -0.1) is 0 Å². The number of nitrogens with one attached hydrogen (secondary N) is 1. The summed E-state index contributed by atoms with van der Waals surface area (Å²) in [6.45, 7) is 5.39. The average molecular weight is 471 g/mol. The van der Waals surface area contributed by atoms with E-state index in [0.717, 1.165) is 44.7 Å². The van der Waals surface area contributed by atoms with Crippen LogP contribution in [0.1, 0.15) is 32.7 Å². The van der Waals surface area contributed by atoms with Crippen LogP contribution in [0.2, 0.25) is 0 Å². The van der Waals surface area contributed by atoms with E-state index in [1.54, 1.807) is 13.2 Å². The molecule has 1 aromatic heterocycles. The summed E-state index contributed by atoms with van der Waals surface area (Å²) in [7, 11) is 1.61. The third-order valence-corrected chi connectivity index (χ3v) is 6.20. The topological polar surface area (TPSA) is 82.0 Å². The average Bonchev–Trinajstić information content (AvgIpc) is 3.46. The van der Waals surface area contributed by atoms with Crippen molar-refractivity contribution in [2.75, 3.05) is 13.9 Å². The zero-order chi connectivity index (χ0) is 24.4. The van der Waals surface area contributed by atoms with Gasteiger partial charge in [-0.2, -0.15) is 0 Å². The van der Waals surface area contributed by atoms with Gasteiger partial charge in [-0.3, -0.25) is 0 Å². The molecule has 35 heavy (non-hydrogen) atoms. The van der Waals surface area contributed by atoms with Crippen molar-refractivity contribution < 1.29 is 24.1 Å². The summed E-state index contributed by atoms with van der Waals surface area (Å²) in [6, 6.07) is 19.4. The van der Waals surface area contributed by atoms with Gasteiger partial charge in [0.2, 0.25) is 6.79 Å². The zero-order valence-corrected chi connectivity index (χ0v) is 19.4. The number of methoxy groups -OCH3 is 1. The van der Waals surface area contributed by atoms with Crippen molar-refractivity contribution in [3.05, 3.63) is 95.2 Å². The van der Waals surface area contributed by atoms with Crippen LogP contribution in [0.3, 0.4) is 0 Å². The van der Waals surface area contributed by atoms with Gasteiger partial charge >= 0.3 is 5.97 Å². The monoisotopic (exact) mass is 470 g/mol. The van der Waals surface area contributed by atoms with E-state index in [-0.39, 0.29) is 12.5 Å². The molecule has 0 amide bonds. The second-order valence-corrected chi connectivity index (χ2v) is 8.34. The highest BCUT2D eigenvalue weighted by atomic mass is 16.7. The molecule has 0 unspecified atom stereocenters. The minimum Gasteiger partial charge on any atom is -0.497 e. The van der Waals surface area contributed by atoms with E-state index in [2.05, 4.69) is 11.9 Å². The Morgan fingerprint density at radius 2 is 1.83 bits per heavy atom. The van der Waals surface area contributed by atoms with E-state index in [1.165, 1.54) is 0 Å². The molecule has 7 heteroatoms. The van der Waals surface area contributed by atoms with E-state index < -0.39 is 5.97 Å². The summed E-state index contributed by atoms with van der Waals surface area (Å²) < 4.78 is 18.1. The van der Waals surface area contributed by atoms with Crippen molar-refractivity contribution in [1.29, 1.82) is 0 Å². The number of fused-ring (bicyclic) bond motifs is 2. The molecule has 2 N–H and O–H groups in total. The van der Waals surface area contributed by atoms with Crippen LogP contribution in [0.25, 0.3) is 17.0 Å². The number of ether oxygens (including phenoxy) is 3. The largest absolute Gasteiger partial charge is 0.497 e. The lowest BCUT2D eigenvalue weighted by Gasteiger charge is -2.11. The first kappa shape index (κ1) is 22.6. The fourth-order valence-corrected chi connectivity index (χ4v) is 4.44. The molecule has 0 radical (unpaired) electrons. The standard InChI is InChI=1S/C28H26N2O5/c1-3-18-4-6-19(7-5-18)16-30-24-13-21(33-2)9-10-22(24)23(27(30)28(31)32)15-29-14-20-8-11-25-26(12-20)35-17-34-25/h3-13,29H,1,14-17H2,2H3,(H,31,32). The molecule has 2 heterocycles. The first-order chi connectivity index (χ1) is 17.1. The number of hydrogen-bond acceptors (Lipinski definition) is 5. The number of rotatable bonds is 9. The molecule has 0 spiro atoms. The predicted molar refractivity (Wildman–Crippen MR) is 134 cm³/mol. The van der Waals surface area contributed by atoms with Gasteiger partial charge in [0.25, 0.3) is 0 Å². The second kappa shape index (κ2) is 9.56. The van der Waals surface area contributed by atoms with Crippen molar-refractivity contribution in [3.63, 3.8) is 0 Å². The molecular formula is C28H26N2O5. The third-order valence-electron chi connectivity index (χ3n) is 6.20. The number of benzene rings is 3. The fraction of sp³-hybridized carbons (Fsp3) is 0.179. The van der Waals surface area contributed by atoms with Gasteiger partial charge < -0.3 is 29.2 Å². The van der Waals surface area contributed by atoms with E-state index in [0.29, 0.717) is 25.4 Å². The van der Waals surface area contributed by atoms with Gasteiger partial charge in [-0.1, -0.05) is 43.0 Å². The van der Waals surface area contributed by atoms with Crippen molar-refractivity contribution >= 4 is 22.9 Å². The maximum Gasteiger partial charge on any atom is 0.352 e. The normalized spacial score (nSPS) is 12.1. The highest BCUT2D eigenvalue weighted by Gasteiger charge is 2.23. The number of aromatic carboxylic acids is 1. The van der Waals surface area contributed by atoms with Crippen molar-refractivity contribution in [2.45, 2.75) is 19.6 Å². The van der Waals surface area contributed by atoms with Crippen LogP contribution < -0.4 is 19.5 Å².